The summed E-state index contributed by atoms with van der Waals surface area (Å²) in [5, 5.41) is 7.83. The Kier molecular flexibility index (Phi) is 7.66. The number of ketones is 1. The SMILES string of the molecule is COc1nnccc1C(=O)C[C@H](c1ccc(C2CCN(C(C)(C)C)CC2)cc1)c1ccccc1C. The van der Waals surface area contributed by atoms with Gasteiger partial charge in [-0.1, -0.05) is 48.5 Å². The van der Waals surface area contributed by atoms with Crippen LogP contribution < -0.4 is 4.74 Å². The fraction of sp³-hybridized carbons (Fsp3) is 0.433. The number of likely N-dealkylation sites (tertiary alicyclic amines) is 1. The Balaban J connectivity index is 1.58. The molecule has 2 heterocycles. The van der Waals surface area contributed by atoms with Crippen molar-refractivity contribution >= 4 is 5.78 Å². The van der Waals surface area contributed by atoms with E-state index in [-0.39, 0.29) is 23.1 Å². The molecule has 35 heavy (non-hydrogen) atoms. The van der Waals surface area contributed by atoms with Crippen LogP contribution in [0.4, 0.5) is 0 Å². The second kappa shape index (κ2) is 10.7. The molecule has 1 saturated heterocycles. The number of aryl methyl sites for hydroxylation is 1. The summed E-state index contributed by atoms with van der Waals surface area (Å²) in [6, 6.07) is 19.0. The average molecular weight is 472 g/mol. The standard InChI is InChI=1S/C30H37N3O2/c1-21-8-6-7-9-25(21)27(20-28(34)26-14-17-31-32-29(26)35-5)24-12-10-22(11-13-24)23-15-18-33(19-16-23)30(2,3)4/h6-14,17,23,27H,15-16,18-20H2,1-5H3/t27-/m1/s1. The van der Waals surface area contributed by atoms with E-state index >= 15 is 0 Å². The van der Waals surface area contributed by atoms with Gasteiger partial charge in [0, 0.05) is 17.9 Å². The second-order valence-corrected chi connectivity index (χ2v) is 10.6. The van der Waals surface area contributed by atoms with Gasteiger partial charge in [0.05, 0.1) is 18.9 Å². The van der Waals surface area contributed by atoms with Crippen LogP contribution in [0.2, 0.25) is 0 Å². The fourth-order valence-corrected chi connectivity index (χ4v) is 5.25. The van der Waals surface area contributed by atoms with E-state index < -0.39 is 0 Å². The summed E-state index contributed by atoms with van der Waals surface area (Å²) >= 11 is 0. The molecule has 0 amide bonds. The summed E-state index contributed by atoms with van der Waals surface area (Å²) in [6.45, 7) is 11.3. The quantitative estimate of drug-likeness (QED) is 0.385. The predicted octanol–water partition coefficient (Wildman–Crippen LogP) is 6.18. The number of methoxy groups -OCH3 is 1. The van der Waals surface area contributed by atoms with Crippen LogP contribution in [-0.4, -0.2) is 46.6 Å². The van der Waals surface area contributed by atoms with E-state index in [0.29, 0.717) is 17.9 Å². The second-order valence-electron chi connectivity index (χ2n) is 10.6. The number of benzene rings is 2. The number of rotatable bonds is 7. The van der Waals surface area contributed by atoms with Crippen molar-refractivity contribution in [3.8, 4) is 5.88 Å². The first-order chi connectivity index (χ1) is 16.8. The van der Waals surface area contributed by atoms with Crippen LogP contribution in [0.15, 0.2) is 60.8 Å². The van der Waals surface area contributed by atoms with Crippen molar-refractivity contribution in [1.82, 2.24) is 15.1 Å². The molecular formula is C30H37N3O2. The highest BCUT2D eigenvalue weighted by Crippen LogP contribution is 2.35. The molecule has 5 nitrogen and oxygen atoms in total. The van der Waals surface area contributed by atoms with E-state index in [1.807, 2.05) is 12.1 Å². The van der Waals surface area contributed by atoms with Crippen molar-refractivity contribution in [3.63, 3.8) is 0 Å². The molecule has 1 aromatic heterocycles. The lowest BCUT2D eigenvalue weighted by atomic mass is 9.82. The third kappa shape index (κ3) is 5.79. The van der Waals surface area contributed by atoms with Crippen LogP contribution >= 0.6 is 0 Å². The molecule has 0 radical (unpaired) electrons. The van der Waals surface area contributed by atoms with Gasteiger partial charge in [-0.15, -0.1) is 5.10 Å². The minimum absolute atomic E-state index is 0.00336. The molecule has 0 aliphatic carbocycles. The lowest BCUT2D eigenvalue weighted by Gasteiger charge is -2.41. The normalized spacial score (nSPS) is 16.1. The van der Waals surface area contributed by atoms with Gasteiger partial charge < -0.3 is 4.74 Å². The smallest absolute Gasteiger partial charge is 0.244 e. The summed E-state index contributed by atoms with van der Waals surface area (Å²) in [5.74, 6) is 0.827. The lowest BCUT2D eigenvalue weighted by molar-refractivity contribution is 0.0973. The first kappa shape index (κ1) is 25.1. The number of hydrogen-bond donors (Lipinski definition) is 0. The molecule has 0 unspecified atom stereocenters. The molecule has 0 N–H and O–H groups in total. The first-order valence-electron chi connectivity index (χ1n) is 12.6. The van der Waals surface area contributed by atoms with E-state index in [4.69, 9.17) is 4.74 Å². The highest BCUT2D eigenvalue weighted by Gasteiger charge is 2.28. The number of ether oxygens (including phenoxy) is 1. The van der Waals surface area contributed by atoms with Gasteiger partial charge in [0.25, 0.3) is 0 Å². The van der Waals surface area contributed by atoms with Crippen LogP contribution in [0.1, 0.15) is 84.5 Å². The molecule has 3 aromatic rings. The van der Waals surface area contributed by atoms with Gasteiger partial charge in [0.1, 0.15) is 0 Å². The molecule has 184 valence electrons. The van der Waals surface area contributed by atoms with Crippen LogP contribution in [-0.2, 0) is 0 Å². The molecule has 1 aliphatic rings. The monoisotopic (exact) mass is 471 g/mol. The average Bonchev–Trinajstić information content (AvgIpc) is 2.87. The van der Waals surface area contributed by atoms with E-state index in [2.05, 4.69) is 79.2 Å². The van der Waals surface area contributed by atoms with Crippen molar-refractivity contribution in [2.75, 3.05) is 20.2 Å². The van der Waals surface area contributed by atoms with Gasteiger partial charge in [-0.25, -0.2) is 0 Å². The number of carbonyl (C=O) groups excluding carboxylic acids is 1. The zero-order chi connectivity index (χ0) is 25.0. The lowest BCUT2D eigenvalue weighted by Crippen LogP contribution is -2.45. The van der Waals surface area contributed by atoms with Gasteiger partial charge in [0.15, 0.2) is 5.78 Å². The third-order valence-electron chi connectivity index (χ3n) is 7.39. The van der Waals surface area contributed by atoms with Gasteiger partial charge >= 0.3 is 0 Å². The molecule has 1 fully saturated rings. The maximum atomic E-state index is 13.4. The minimum Gasteiger partial charge on any atom is -0.479 e. The Bertz CT molecular complexity index is 1140. The van der Waals surface area contributed by atoms with Gasteiger partial charge in [-0.3, -0.25) is 9.69 Å². The van der Waals surface area contributed by atoms with Gasteiger partial charge in [0.2, 0.25) is 5.88 Å². The molecule has 4 rings (SSSR count). The molecule has 0 bridgehead atoms. The third-order valence-corrected chi connectivity index (χ3v) is 7.39. The summed E-state index contributed by atoms with van der Waals surface area (Å²) in [6.07, 6.45) is 4.25. The first-order valence-corrected chi connectivity index (χ1v) is 12.6. The minimum atomic E-state index is -0.0432. The molecule has 1 aliphatic heterocycles. The van der Waals surface area contributed by atoms with Gasteiger partial charge in [-0.2, -0.15) is 5.10 Å². The van der Waals surface area contributed by atoms with Crippen LogP contribution in [0.5, 0.6) is 5.88 Å². The Morgan fingerprint density at radius 3 is 2.37 bits per heavy atom. The Morgan fingerprint density at radius 2 is 1.74 bits per heavy atom. The maximum absolute atomic E-state index is 13.4. The van der Waals surface area contributed by atoms with Crippen molar-refractivity contribution < 1.29 is 9.53 Å². The Morgan fingerprint density at radius 1 is 1.06 bits per heavy atom. The topological polar surface area (TPSA) is 55.3 Å². The predicted molar refractivity (Wildman–Crippen MR) is 140 cm³/mol. The molecule has 0 spiro atoms. The van der Waals surface area contributed by atoms with Crippen molar-refractivity contribution in [3.05, 3.63) is 88.6 Å². The van der Waals surface area contributed by atoms with Crippen LogP contribution in [0.3, 0.4) is 0 Å². The van der Waals surface area contributed by atoms with Crippen LogP contribution in [0.25, 0.3) is 0 Å². The number of Topliss-reactive ketones (excluding diaryl/α,β-unsaturated/α-hetero) is 1. The van der Waals surface area contributed by atoms with Crippen molar-refractivity contribution in [2.24, 2.45) is 0 Å². The van der Waals surface area contributed by atoms with Crippen LogP contribution in [0, 0.1) is 6.92 Å². The number of piperidine rings is 1. The molecule has 2 aromatic carbocycles. The Hall–Kier alpha value is -3.05. The molecular weight excluding hydrogens is 434 g/mol. The fourth-order valence-electron chi connectivity index (χ4n) is 5.25. The zero-order valence-electron chi connectivity index (χ0n) is 21.6. The number of hydrogen-bond acceptors (Lipinski definition) is 5. The number of carbonyl (C=O) groups is 1. The highest BCUT2D eigenvalue weighted by molar-refractivity contribution is 5.98. The maximum Gasteiger partial charge on any atom is 0.244 e. The van der Waals surface area contributed by atoms with E-state index in [1.54, 1.807) is 6.07 Å². The number of aromatic nitrogens is 2. The number of nitrogens with zero attached hydrogens (tertiary/aromatic N) is 3. The summed E-state index contributed by atoms with van der Waals surface area (Å²) in [4.78, 5) is 15.9. The van der Waals surface area contributed by atoms with E-state index in [9.17, 15) is 4.79 Å². The Labute approximate surface area is 209 Å². The highest BCUT2D eigenvalue weighted by atomic mass is 16.5. The zero-order valence-corrected chi connectivity index (χ0v) is 21.6. The molecule has 0 saturated carbocycles. The van der Waals surface area contributed by atoms with E-state index in [0.717, 1.165) is 18.7 Å². The summed E-state index contributed by atoms with van der Waals surface area (Å²) in [5.41, 5.74) is 5.62. The van der Waals surface area contributed by atoms with E-state index in [1.165, 1.54) is 42.8 Å². The largest absolute Gasteiger partial charge is 0.479 e. The molecule has 5 heteroatoms. The molecule has 1 atom stereocenters. The summed E-state index contributed by atoms with van der Waals surface area (Å²) in [7, 11) is 1.52. The van der Waals surface area contributed by atoms with Gasteiger partial charge in [-0.05, 0) is 87.9 Å². The van der Waals surface area contributed by atoms with Crippen molar-refractivity contribution in [1.29, 1.82) is 0 Å². The summed E-state index contributed by atoms with van der Waals surface area (Å²) < 4.78 is 5.30. The van der Waals surface area contributed by atoms with Crippen molar-refractivity contribution in [2.45, 2.75) is 64.3 Å².